The summed E-state index contributed by atoms with van der Waals surface area (Å²) in [5.74, 6) is 1.78. The molecule has 0 atom stereocenters. The molecule has 0 aliphatic rings. The molecule has 0 spiro atoms. The number of hydrogen-bond donors (Lipinski definition) is 0. The highest BCUT2D eigenvalue weighted by molar-refractivity contribution is 6.50. The Morgan fingerprint density at radius 1 is 0.741 bits per heavy atom. The summed E-state index contributed by atoms with van der Waals surface area (Å²) < 4.78 is 45.0. The van der Waals surface area contributed by atoms with Gasteiger partial charge >= 0.3 is 18.8 Å². The van der Waals surface area contributed by atoms with Crippen LogP contribution in [0.25, 0.3) is 22.5 Å². The Balaban J connectivity index is 0.000000465. The van der Waals surface area contributed by atoms with Gasteiger partial charge in [0.15, 0.2) is 0 Å². The van der Waals surface area contributed by atoms with Crippen LogP contribution < -0.4 is 0 Å². The average Bonchev–Trinajstić information content (AvgIpc) is 2.61. The van der Waals surface area contributed by atoms with Crippen LogP contribution in [0.1, 0.15) is 12.7 Å². The largest absolute Gasteiger partial charge is 0.673 e. The number of rotatable bonds is 3. The minimum absolute atomic E-state index is 0.716. The minimum Gasteiger partial charge on any atom is -0.418 e. The van der Waals surface area contributed by atoms with E-state index in [1.54, 1.807) is 0 Å². The van der Waals surface area contributed by atoms with Gasteiger partial charge in [-0.2, -0.15) is 0 Å². The first-order valence-electron chi connectivity index (χ1n) is 8.02. The molecule has 0 saturated carbocycles. The monoisotopic (exact) mass is 416 g/mol. The lowest BCUT2D eigenvalue weighted by molar-refractivity contribution is 0.368. The number of hydrogen-bond acceptors (Lipinski definition) is 0. The molecule has 1 nitrogen and oxygen atoms in total. The molecule has 0 N–H and O–H groups in total. The first-order chi connectivity index (χ1) is 12.7. The maximum absolute atomic E-state index is 9.75. The molecule has 0 unspecified atom stereocenters. The Labute approximate surface area is 164 Å². The van der Waals surface area contributed by atoms with Crippen LogP contribution in [-0.2, 0) is 6.42 Å². The van der Waals surface area contributed by atoms with Crippen molar-refractivity contribution in [2.24, 2.45) is 0 Å². The molecule has 0 fully saturated rings. The zero-order valence-electron chi connectivity index (χ0n) is 14.2. The van der Waals surface area contributed by atoms with E-state index >= 15 is 0 Å². The van der Waals surface area contributed by atoms with Gasteiger partial charge in [-0.1, -0.05) is 42.3 Å². The Bertz CT molecular complexity index is 812. The second-order valence-corrected chi connectivity index (χ2v) is 6.41. The molecule has 1 aromatic heterocycles. The van der Waals surface area contributed by atoms with Crippen LogP contribution in [-0.4, -0.2) is 7.25 Å². The molecule has 1 heterocycles. The van der Waals surface area contributed by atoms with Gasteiger partial charge in [0.1, 0.15) is 0 Å². The van der Waals surface area contributed by atoms with Crippen LogP contribution in [0.4, 0.5) is 17.3 Å². The molecule has 27 heavy (non-hydrogen) atoms. The summed E-state index contributed by atoms with van der Waals surface area (Å²) in [6.45, 7) is 2.08. The van der Waals surface area contributed by atoms with Gasteiger partial charge in [-0.3, -0.25) is 0 Å². The number of benzene rings is 2. The molecule has 0 aliphatic heterocycles. The van der Waals surface area contributed by atoms with Crippen molar-refractivity contribution in [3.05, 3.63) is 76.5 Å². The standard InChI is InChI=1S/C19H15Cl2O.BF4/c1-2-18-11-15(13-3-7-16(20)8-4-13)12-19(22-18)14-5-9-17(21)10-6-14;2-1(3,4)5/h3-12H,2H2,1H3;/q+1;-1. The molecule has 8 heteroatoms. The van der Waals surface area contributed by atoms with E-state index in [1.165, 1.54) is 0 Å². The van der Waals surface area contributed by atoms with Crippen LogP contribution in [0.2, 0.25) is 10.0 Å². The Kier molecular flexibility index (Phi) is 7.28. The van der Waals surface area contributed by atoms with Crippen LogP contribution in [0.5, 0.6) is 0 Å². The Morgan fingerprint density at radius 2 is 1.19 bits per heavy atom. The summed E-state index contributed by atoms with van der Waals surface area (Å²) in [6.07, 6.45) is 0.835. The summed E-state index contributed by atoms with van der Waals surface area (Å²) in [7, 11) is -6.00. The van der Waals surface area contributed by atoms with E-state index in [2.05, 4.69) is 13.0 Å². The van der Waals surface area contributed by atoms with E-state index in [-0.39, 0.29) is 0 Å². The van der Waals surface area contributed by atoms with Gasteiger partial charge < -0.3 is 17.3 Å². The lowest BCUT2D eigenvalue weighted by Gasteiger charge is -2.02. The molecule has 0 radical (unpaired) electrons. The third kappa shape index (κ3) is 7.23. The van der Waals surface area contributed by atoms with Gasteiger partial charge in [-0.15, -0.1) is 0 Å². The van der Waals surface area contributed by atoms with Crippen molar-refractivity contribution < 1.29 is 21.7 Å². The minimum atomic E-state index is -6.00. The van der Waals surface area contributed by atoms with E-state index in [0.717, 1.165) is 39.7 Å². The highest BCUT2D eigenvalue weighted by Gasteiger charge is 2.20. The highest BCUT2D eigenvalue weighted by atomic mass is 35.5. The van der Waals surface area contributed by atoms with Crippen LogP contribution in [0.15, 0.2) is 65.1 Å². The van der Waals surface area contributed by atoms with Crippen molar-refractivity contribution in [1.82, 2.24) is 0 Å². The third-order valence-electron chi connectivity index (χ3n) is 3.50. The molecule has 3 aromatic rings. The number of aryl methyl sites for hydroxylation is 1. The number of halogens is 6. The fourth-order valence-electron chi connectivity index (χ4n) is 2.30. The van der Waals surface area contributed by atoms with Gasteiger partial charge in [-0.05, 0) is 42.0 Å². The van der Waals surface area contributed by atoms with Crippen molar-refractivity contribution in [3.63, 3.8) is 0 Å². The van der Waals surface area contributed by atoms with Crippen LogP contribution in [0.3, 0.4) is 0 Å². The second kappa shape index (κ2) is 9.24. The predicted molar refractivity (Wildman–Crippen MR) is 104 cm³/mol. The Morgan fingerprint density at radius 3 is 1.63 bits per heavy atom. The normalized spacial score (nSPS) is 10.9. The zero-order valence-corrected chi connectivity index (χ0v) is 15.7. The fraction of sp³-hybridized carbons (Fsp3) is 0.105. The van der Waals surface area contributed by atoms with E-state index in [1.807, 2.05) is 54.6 Å². The molecule has 142 valence electrons. The third-order valence-corrected chi connectivity index (χ3v) is 4.00. The maximum atomic E-state index is 9.75. The van der Waals surface area contributed by atoms with Crippen molar-refractivity contribution in [1.29, 1.82) is 0 Å². The van der Waals surface area contributed by atoms with Crippen LogP contribution in [0, 0.1) is 0 Å². The van der Waals surface area contributed by atoms with Crippen molar-refractivity contribution in [3.8, 4) is 22.5 Å². The highest BCUT2D eigenvalue weighted by Crippen LogP contribution is 2.30. The Hall–Kier alpha value is -2.05. The first kappa shape index (κ1) is 21.3. The molecule has 3 rings (SSSR count). The smallest absolute Gasteiger partial charge is 0.418 e. The molecular weight excluding hydrogens is 402 g/mol. The quantitative estimate of drug-likeness (QED) is 0.238. The van der Waals surface area contributed by atoms with E-state index < -0.39 is 7.25 Å². The van der Waals surface area contributed by atoms with E-state index in [9.17, 15) is 17.3 Å². The summed E-state index contributed by atoms with van der Waals surface area (Å²) >= 11 is 11.9. The SMILES string of the molecule is CCc1cc(-c2ccc(Cl)cc2)cc(-c2ccc(Cl)cc2)[o+]1.F[B-](F)(F)F. The van der Waals surface area contributed by atoms with Gasteiger partial charge in [-0.25, -0.2) is 4.42 Å². The lowest BCUT2D eigenvalue weighted by Crippen LogP contribution is -2.02. The van der Waals surface area contributed by atoms with Gasteiger partial charge in [0.25, 0.3) is 0 Å². The summed E-state index contributed by atoms with van der Waals surface area (Å²) in [5, 5.41) is 1.45. The summed E-state index contributed by atoms with van der Waals surface area (Å²) in [6, 6.07) is 19.6. The summed E-state index contributed by atoms with van der Waals surface area (Å²) in [5.41, 5.74) is 3.24. The van der Waals surface area contributed by atoms with E-state index in [0.29, 0.717) is 5.02 Å². The maximum Gasteiger partial charge on any atom is 0.673 e. The van der Waals surface area contributed by atoms with Crippen molar-refractivity contribution >= 4 is 30.5 Å². The second-order valence-electron chi connectivity index (χ2n) is 5.54. The van der Waals surface area contributed by atoms with Crippen molar-refractivity contribution in [2.45, 2.75) is 13.3 Å². The molecular formula is C19H15BCl2F4O. The van der Waals surface area contributed by atoms with Gasteiger partial charge in [0.05, 0.1) is 18.1 Å². The molecule has 0 saturated heterocycles. The fourth-order valence-corrected chi connectivity index (χ4v) is 2.55. The predicted octanol–water partition coefficient (Wildman–Crippen LogP) is 8.06. The molecule has 0 aliphatic carbocycles. The summed E-state index contributed by atoms with van der Waals surface area (Å²) in [4.78, 5) is 0. The first-order valence-corrected chi connectivity index (χ1v) is 8.77. The van der Waals surface area contributed by atoms with E-state index in [4.69, 9.17) is 27.6 Å². The topological polar surface area (TPSA) is 11.3 Å². The van der Waals surface area contributed by atoms with Gasteiger partial charge in [0, 0.05) is 21.7 Å². The molecule has 0 bridgehead atoms. The van der Waals surface area contributed by atoms with Crippen molar-refractivity contribution in [2.75, 3.05) is 0 Å². The van der Waals surface area contributed by atoms with Gasteiger partial charge in [0.2, 0.25) is 0 Å². The zero-order chi connectivity index (χ0) is 20.0. The van der Waals surface area contributed by atoms with Crippen LogP contribution >= 0.6 is 23.2 Å². The molecule has 2 aromatic carbocycles. The lowest BCUT2D eigenvalue weighted by atomic mass is 10.0. The average molecular weight is 417 g/mol. The molecule has 0 amide bonds.